The van der Waals surface area contributed by atoms with Gasteiger partial charge in [-0.3, -0.25) is 9.58 Å². The molecule has 0 aromatic carbocycles. The number of halogens is 1. The third-order valence-electron chi connectivity index (χ3n) is 2.09. The van der Waals surface area contributed by atoms with Gasteiger partial charge < -0.3 is 0 Å². The van der Waals surface area contributed by atoms with Crippen LogP contribution in [0.4, 0.5) is 0 Å². The summed E-state index contributed by atoms with van der Waals surface area (Å²) in [4.78, 5) is 6.57. The Labute approximate surface area is 87.1 Å². The molecule has 0 N–H and O–H groups in total. The van der Waals surface area contributed by atoms with E-state index in [2.05, 4.69) is 44.8 Å². The fourth-order valence-corrected chi connectivity index (χ4v) is 1.61. The standard InChI is InChI=1S/C8H15BrN4/c1-4-13(5-2)6-7-10-8(9)11-12(7)3/h4-6H2,1-3H3. The molecule has 5 heteroatoms. The summed E-state index contributed by atoms with van der Waals surface area (Å²) < 4.78 is 2.47. The number of aromatic nitrogens is 3. The average Bonchev–Trinajstić information content (AvgIpc) is 2.41. The molecule has 0 atom stereocenters. The maximum atomic E-state index is 4.27. The van der Waals surface area contributed by atoms with E-state index in [1.54, 1.807) is 0 Å². The smallest absolute Gasteiger partial charge is 0.217 e. The van der Waals surface area contributed by atoms with E-state index in [1.807, 2.05) is 11.7 Å². The highest BCUT2D eigenvalue weighted by molar-refractivity contribution is 9.10. The topological polar surface area (TPSA) is 34.0 Å². The minimum Gasteiger partial charge on any atom is -0.297 e. The van der Waals surface area contributed by atoms with E-state index >= 15 is 0 Å². The van der Waals surface area contributed by atoms with E-state index in [4.69, 9.17) is 0 Å². The van der Waals surface area contributed by atoms with Gasteiger partial charge in [-0.25, -0.2) is 4.98 Å². The fourth-order valence-electron chi connectivity index (χ4n) is 1.17. The number of hydrogen-bond acceptors (Lipinski definition) is 3. The minimum atomic E-state index is 0.664. The van der Waals surface area contributed by atoms with Gasteiger partial charge in [0.2, 0.25) is 4.73 Å². The summed E-state index contributed by atoms with van der Waals surface area (Å²) in [6.07, 6.45) is 0. The van der Waals surface area contributed by atoms with Crippen LogP contribution in [0.25, 0.3) is 0 Å². The van der Waals surface area contributed by atoms with Gasteiger partial charge in [0, 0.05) is 7.05 Å². The van der Waals surface area contributed by atoms with Crippen molar-refractivity contribution < 1.29 is 0 Å². The second-order valence-corrected chi connectivity index (χ2v) is 3.59. The molecule has 0 aliphatic carbocycles. The highest BCUT2D eigenvalue weighted by Gasteiger charge is 2.07. The van der Waals surface area contributed by atoms with Gasteiger partial charge in [0.15, 0.2) is 0 Å². The molecule has 0 unspecified atom stereocenters. The summed E-state index contributed by atoms with van der Waals surface area (Å²) in [5.74, 6) is 0.996. The lowest BCUT2D eigenvalue weighted by Gasteiger charge is -2.16. The van der Waals surface area contributed by atoms with E-state index in [-0.39, 0.29) is 0 Å². The van der Waals surface area contributed by atoms with Crippen molar-refractivity contribution in [2.75, 3.05) is 13.1 Å². The Morgan fingerprint density at radius 2 is 2.00 bits per heavy atom. The largest absolute Gasteiger partial charge is 0.297 e. The predicted octanol–water partition coefficient (Wildman–Crippen LogP) is 1.42. The molecule has 0 aliphatic heterocycles. The molecular weight excluding hydrogens is 232 g/mol. The molecule has 4 nitrogen and oxygen atoms in total. The van der Waals surface area contributed by atoms with Gasteiger partial charge >= 0.3 is 0 Å². The lowest BCUT2D eigenvalue weighted by molar-refractivity contribution is 0.283. The van der Waals surface area contributed by atoms with Crippen molar-refractivity contribution in [3.63, 3.8) is 0 Å². The van der Waals surface area contributed by atoms with Crippen molar-refractivity contribution in [2.45, 2.75) is 20.4 Å². The molecule has 0 radical (unpaired) electrons. The molecule has 1 heterocycles. The lowest BCUT2D eigenvalue weighted by Crippen LogP contribution is -2.24. The summed E-state index contributed by atoms with van der Waals surface area (Å²) in [5.41, 5.74) is 0. The van der Waals surface area contributed by atoms with Crippen molar-refractivity contribution in [2.24, 2.45) is 7.05 Å². The van der Waals surface area contributed by atoms with Crippen LogP contribution in [0.2, 0.25) is 0 Å². The van der Waals surface area contributed by atoms with Crippen molar-refractivity contribution in [3.8, 4) is 0 Å². The molecule has 1 aromatic heterocycles. The molecular formula is C8H15BrN4. The number of rotatable bonds is 4. The Morgan fingerprint density at radius 1 is 1.38 bits per heavy atom. The zero-order valence-corrected chi connectivity index (χ0v) is 9.87. The van der Waals surface area contributed by atoms with E-state index in [9.17, 15) is 0 Å². The number of aryl methyl sites for hydroxylation is 1. The summed E-state index contributed by atoms with van der Waals surface area (Å²) in [5, 5.41) is 4.13. The molecule has 1 rings (SSSR count). The van der Waals surface area contributed by atoms with Gasteiger partial charge in [-0.05, 0) is 29.0 Å². The molecule has 0 bridgehead atoms. The highest BCUT2D eigenvalue weighted by atomic mass is 79.9. The van der Waals surface area contributed by atoms with Crippen molar-refractivity contribution in [1.82, 2.24) is 19.7 Å². The third-order valence-corrected chi connectivity index (χ3v) is 2.42. The molecule has 0 saturated heterocycles. The zero-order valence-electron chi connectivity index (χ0n) is 8.29. The second kappa shape index (κ2) is 4.72. The van der Waals surface area contributed by atoms with E-state index in [1.165, 1.54) is 0 Å². The Morgan fingerprint density at radius 3 is 2.38 bits per heavy atom. The van der Waals surface area contributed by atoms with Crippen LogP contribution in [0.15, 0.2) is 4.73 Å². The maximum absolute atomic E-state index is 4.27. The van der Waals surface area contributed by atoms with Crippen LogP contribution < -0.4 is 0 Å². The van der Waals surface area contributed by atoms with E-state index in [0.717, 1.165) is 25.5 Å². The number of nitrogens with zero attached hydrogens (tertiary/aromatic N) is 4. The van der Waals surface area contributed by atoms with Gasteiger partial charge in [0.05, 0.1) is 6.54 Å². The normalized spacial score (nSPS) is 11.2. The molecule has 0 aliphatic rings. The van der Waals surface area contributed by atoms with Crippen molar-refractivity contribution in [1.29, 1.82) is 0 Å². The summed E-state index contributed by atoms with van der Waals surface area (Å²) in [7, 11) is 1.91. The monoisotopic (exact) mass is 246 g/mol. The maximum Gasteiger partial charge on any atom is 0.217 e. The van der Waals surface area contributed by atoms with Crippen LogP contribution in [-0.4, -0.2) is 32.8 Å². The SMILES string of the molecule is CCN(CC)Cc1nc(Br)nn1C. The van der Waals surface area contributed by atoms with Crippen LogP contribution in [0.3, 0.4) is 0 Å². The molecule has 0 amide bonds. The van der Waals surface area contributed by atoms with E-state index < -0.39 is 0 Å². The summed E-state index contributed by atoms with van der Waals surface area (Å²) >= 11 is 3.26. The molecule has 0 saturated carbocycles. The third kappa shape index (κ3) is 2.77. The first-order valence-electron chi connectivity index (χ1n) is 4.45. The van der Waals surface area contributed by atoms with Crippen LogP contribution in [0, 0.1) is 0 Å². The van der Waals surface area contributed by atoms with Crippen LogP contribution in [0.5, 0.6) is 0 Å². The highest BCUT2D eigenvalue weighted by Crippen LogP contribution is 2.06. The number of hydrogen-bond donors (Lipinski definition) is 0. The minimum absolute atomic E-state index is 0.664. The molecule has 0 spiro atoms. The predicted molar refractivity (Wildman–Crippen MR) is 55.3 cm³/mol. The quantitative estimate of drug-likeness (QED) is 0.806. The Hall–Kier alpha value is -0.420. The van der Waals surface area contributed by atoms with Gasteiger partial charge in [0.1, 0.15) is 5.82 Å². The van der Waals surface area contributed by atoms with Gasteiger partial charge in [-0.15, -0.1) is 5.10 Å². The first-order chi connectivity index (χ1) is 6.17. The van der Waals surface area contributed by atoms with Crippen LogP contribution in [0.1, 0.15) is 19.7 Å². The Balaban J connectivity index is 2.67. The van der Waals surface area contributed by atoms with E-state index in [0.29, 0.717) is 4.73 Å². The fraction of sp³-hybridized carbons (Fsp3) is 0.750. The van der Waals surface area contributed by atoms with Crippen molar-refractivity contribution >= 4 is 15.9 Å². The second-order valence-electron chi connectivity index (χ2n) is 2.88. The lowest BCUT2D eigenvalue weighted by atomic mass is 10.4. The summed E-state index contributed by atoms with van der Waals surface area (Å²) in [6.45, 7) is 7.24. The zero-order chi connectivity index (χ0) is 9.84. The van der Waals surface area contributed by atoms with Crippen LogP contribution >= 0.6 is 15.9 Å². The molecule has 74 valence electrons. The average molecular weight is 247 g/mol. The first-order valence-corrected chi connectivity index (χ1v) is 5.24. The Kier molecular flexibility index (Phi) is 3.87. The summed E-state index contributed by atoms with van der Waals surface area (Å²) in [6, 6.07) is 0. The van der Waals surface area contributed by atoms with Crippen LogP contribution in [-0.2, 0) is 13.6 Å². The first kappa shape index (κ1) is 10.7. The molecule has 0 fully saturated rings. The molecule has 13 heavy (non-hydrogen) atoms. The molecule has 1 aromatic rings. The van der Waals surface area contributed by atoms with Gasteiger partial charge in [-0.1, -0.05) is 13.8 Å². The van der Waals surface area contributed by atoms with Crippen molar-refractivity contribution in [3.05, 3.63) is 10.6 Å². The van der Waals surface area contributed by atoms with Gasteiger partial charge in [-0.2, -0.15) is 0 Å². The van der Waals surface area contributed by atoms with Gasteiger partial charge in [0.25, 0.3) is 0 Å². The Bertz CT molecular complexity index is 267.